The van der Waals surface area contributed by atoms with E-state index >= 15 is 0 Å². The Morgan fingerprint density at radius 3 is 2.60 bits per heavy atom. The molecule has 0 radical (unpaired) electrons. The van der Waals surface area contributed by atoms with Gasteiger partial charge >= 0.3 is 0 Å². The highest BCUT2D eigenvalue weighted by molar-refractivity contribution is 6.31. The van der Waals surface area contributed by atoms with Crippen LogP contribution in [0.3, 0.4) is 0 Å². The second kappa shape index (κ2) is 6.54. The first-order chi connectivity index (χ1) is 12.3. The Morgan fingerprint density at radius 2 is 1.84 bits per heavy atom. The number of hydrogen-bond acceptors (Lipinski definition) is 2. The van der Waals surface area contributed by atoms with E-state index < -0.39 is 0 Å². The zero-order valence-corrected chi connectivity index (χ0v) is 14.1. The lowest BCUT2D eigenvalue weighted by Crippen LogP contribution is -2.02. The van der Waals surface area contributed by atoms with Crippen LogP contribution in [-0.2, 0) is 6.54 Å². The number of aldehydes is 1. The molecule has 0 amide bonds. The molecule has 0 unspecified atom stereocenters. The molecule has 0 aliphatic carbocycles. The normalized spacial score (nSPS) is 10.9. The number of carbonyl (C=O) groups excluding carboxylic acids is 1. The van der Waals surface area contributed by atoms with Crippen molar-refractivity contribution in [1.82, 2.24) is 9.78 Å². The molecular formula is C21H15ClN2O. The summed E-state index contributed by atoms with van der Waals surface area (Å²) in [6.07, 6.45) is 2.69. The van der Waals surface area contributed by atoms with E-state index in [1.54, 1.807) is 12.1 Å². The topological polar surface area (TPSA) is 34.9 Å². The third-order valence-corrected chi connectivity index (χ3v) is 4.66. The van der Waals surface area contributed by atoms with Gasteiger partial charge in [0.05, 0.1) is 18.3 Å². The molecule has 25 heavy (non-hydrogen) atoms. The number of fused-ring (bicyclic) bond motifs is 1. The number of nitrogens with zero attached hydrogens (tertiary/aromatic N) is 2. The second-order valence-electron chi connectivity index (χ2n) is 5.88. The monoisotopic (exact) mass is 346 g/mol. The van der Waals surface area contributed by atoms with Gasteiger partial charge in [-0.15, -0.1) is 0 Å². The SMILES string of the molecule is O=Cc1ccc(Cn2ncc3c(-c4ccccc4)cccc32)c(Cl)c1. The zero-order valence-electron chi connectivity index (χ0n) is 13.4. The van der Waals surface area contributed by atoms with Gasteiger partial charge in [0, 0.05) is 16.0 Å². The molecule has 3 nitrogen and oxygen atoms in total. The summed E-state index contributed by atoms with van der Waals surface area (Å²) >= 11 is 6.30. The van der Waals surface area contributed by atoms with Gasteiger partial charge < -0.3 is 0 Å². The molecule has 0 saturated heterocycles. The number of hydrogen-bond donors (Lipinski definition) is 0. The molecule has 0 aliphatic rings. The maximum atomic E-state index is 10.9. The van der Waals surface area contributed by atoms with E-state index in [4.69, 9.17) is 11.6 Å². The van der Waals surface area contributed by atoms with Crippen LogP contribution < -0.4 is 0 Å². The predicted octanol–water partition coefficient (Wildman–Crippen LogP) is 5.22. The smallest absolute Gasteiger partial charge is 0.150 e. The molecule has 0 N–H and O–H groups in total. The van der Waals surface area contributed by atoms with Crippen LogP contribution in [0.2, 0.25) is 5.02 Å². The molecule has 4 aromatic rings. The Balaban J connectivity index is 1.76. The standard InChI is InChI=1S/C21H15ClN2O/c22-20-11-15(14-25)9-10-17(20)13-24-21-8-4-7-18(19(21)12-23-24)16-5-2-1-3-6-16/h1-12,14H,13H2. The van der Waals surface area contributed by atoms with Crippen molar-refractivity contribution in [2.45, 2.75) is 6.54 Å². The van der Waals surface area contributed by atoms with E-state index in [9.17, 15) is 4.79 Å². The Kier molecular flexibility index (Phi) is 4.08. The first kappa shape index (κ1) is 15.6. The Morgan fingerprint density at radius 1 is 1.00 bits per heavy atom. The minimum atomic E-state index is 0.555. The van der Waals surface area contributed by atoms with Gasteiger partial charge in [-0.1, -0.05) is 66.2 Å². The number of aromatic nitrogens is 2. The maximum Gasteiger partial charge on any atom is 0.150 e. The van der Waals surface area contributed by atoms with Gasteiger partial charge in [-0.2, -0.15) is 5.10 Å². The van der Waals surface area contributed by atoms with Crippen molar-refractivity contribution >= 4 is 28.8 Å². The highest BCUT2D eigenvalue weighted by Gasteiger charge is 2.10. The molecule has 0 bridgehead atoms. The predicted molar refractivity (Wildman–Crippen MR) is 101 cm³/mol. The van der Waals surface area contributed by atoms with Crippen LogP contribution in [0.15, 0.2) is 72.9 Å². The lowest BCUT2D eigenvalue weighted by atomic mass is 10.0. The molecule has 1 heterocycles. The summed E-state index contributed by atoms with van der Waals surface area (Å²) in [4.78, 5) is 10.9. The summed E-state index contributed by atoms with van der Waals surface area (Å²) in [6, 6.07) is 21.8. The molecule has 0 aliphatic heterocycles. The summed E-state index contributed by atoms with van der Waals surface area (Å²) in [5.41, 5.74) is 4.89. The van der Waals surface area contributed by atoms with Gasteiger partial charge in [0.25, 0.3) is 0 Å². The van der Waals surface area contributed by atoms with Gasteiger partial charge in [-0.3, -0.25) is 9.48 Å². The lowest BCUT2D eigenvalue weighted by molar-refractivity contribution is 0.112. The Labute approximate surface area is 150 Å². The van der Waals surface area contributed by atoms with E-state index in [1.165, 1.54) is 5.56 Å². The first-order valence-corrected chi connectivity index (χ1v) is 8.37. The van der Waals surface area contributed by atoms with Crippen LogP contribution in [0.5, 0.6) is 0 Å². The maximum absolute atomic E-state index is 10.9. The fraction of sp³-hybridized carbons (Fsp3) is 0.0476. The summed E-state index contributed by atoms with van der Waals surface area (Å²) in [5, 5.41) is 6.23. The van der Waals surface area contributed by atoms with Gasteiger partial charge in [0.1, 0.15) is 6.29 Å². The minimum Gasteiger partial charge on any atom is -0.298 e. The third-order valence-electron chi connectivity index (χ3n) is 4.31. The highest BCUT2D eigenvalue weighted by atomic mass is 35.5. The van der Waals surface area contributed by atoms with Crippen LogP contribution in [0.4, 0.5) is 0 Å². The molecule has 3 aromatic carbocycles. The lowest BCUT2D eigenvalue weighted by Gasteiger charge is -2.08. The summed E-state index contributed by atoms with van der Waals surface area (Å²) in [7, 11) is 0. The summed E-state index contributed by atoms with van der Waals surface area (Å²) in [6.45, 7) is 0.555. The number of halogens is 1. The van der Waals surface area contributed by atoms with Crippen molar-refractivity contribution < 1.29 is 4.79 Å². The third kappa shape index (κ3) is 2.94. The quantitative estimate of drug-likeness (QED) is 0.475. The molecule has 0 spiro atoms. The second-order valence-corrected chi connectivity index (χ2v) is 6.28. The largest absolute Gasteiger partial charge is 0.298 e. The van der Waals surface area contributed by atoms with E-state index in [1.807, 2.05) is 41.2 Å². The fourth-order valence-electron chi connectivity index (χ4n) is 3.03. The van der Waals surface area contributed by atoms with Gasteiger partial charge in [-0.25, -0.2) is 0 Å². The zero-order chi connectivity index (χ0) is 17.2. The summed E-state index contributed by atoms with van der Waals surface area (Å²) in [5.74, 6) is 0. The summed E-state index contributed by atoms with van der Waals surface area (Å²) < 4.78 is 1.93. The van der Waals surface area contributed by atoms with Crippen LogP contribution in [0, 0.1) is 0 Å². The van der Waals surface area contributed by atoms with Gasteiger partial charge in [0.2, 0.25) is 0 Å². The number of carbonyl (C=O) groups is 1. The average Bonchev–Trinajstić information content (AvgIpc) is 3.07. The van der Waals surface area contributed by atoms with Crippen molar-refractivity contribution in [3.05, 3.63) is 89.1 Å². The van der Waals surface area contributed by atoms with E-state index in [0.29, 0.717) is 17.1 Å². The highest BCUT2D eigenvalue weighted by Crippen LogP contribution is 2.29. The Hall–Kier alpha value is -2.91. The van der Waals surface area contributed by atoms with Gasteiger partial charge in [-0.05, 0) is 28.8 Å². The van der Waals surface area contributed by atoms with E-state index in [0.717, 1.165) is 28.3 Å². The number of rotatable bonds is 4. The molecule has 4 rings (SSSR count). The fourth-order valence-corrected chi connectivity index (χ4v) is 3.27. The van der Waals surface area contributed by atoms with E-state index in [-0.39, 0.29) is 0 Å². The molecule has 122 valence electrons. The van der Waals surface area contributed by atoms with E-state index in [2.05, 4.69) is 29.4 Å². The van der Waals surface area contributed by atoms with Crippen molar-refractivity contribution in [2.24, 2.45) is 0 Å². The van der Waals surface area contributed by atoms with Crippen LogP contribution >= 0.6 is 11.6 Å². The van der Waals surface area contributed by atoms with Gasteiger partial charge in [0.15, 0.2) is 0 Å². The van der Waals surface area contributed by atoms with Crippen molar-refractivity contribution in [1.29, 1.82) is 0 Å². The number of benzene rings is 3. The molecule has 1 aromatic heterocycles. The average molecular weight is 347 g/mol. The molecule has 0 fully saturated rings. The molecule has 4 heteroatoms. The minimum absolute atomic E-state index is 0.555. The molecule has 0 atom stereocenters. The van der Waals surface area contributed by atoms with Crippen molar-refractivity contribution in [2.75, 3.05) is 0 Å². The molecular weight excluding hydrogens is 332 g/mol. The van der Waals surface area contributed by atoms with Crippen LogP contribution in [0.25, 0.3) is 22.0 Å². The Bertz CT molecular complexity index is 1050. The first-order valence-electron chi connectivity index (χ1n) is 8.00. The van der Waals surface area contributed by atoms with Crippen molar-refractivity contribution in [3.8, 4) is 11.1 Å². The van der Waals surface area contributed by atoms with Crippen LogP contribution in [-0.4, -0.2) is 16.1 Å². The van der Waals surface area contributed by atoms with Crippen molar-refractivity contribution in [3.63, 3.8) is 0 Å². The molecule has 0 saturated carbocycles. The van der Waals surface area contributed by atoms with Crippen LogP contribution in [0.1, 0.15) is 15.9 Å².